The van der Waals surface area contributed by atoms with Gasteiger partial charge in [0.15, 0.2) is 0 Å². The molecule has 4 atom stereocenters. The quantitative estimate of drug-likeness (QED) is 0.578. The molecule has 1 fully saturated rings. The second-order valence-corrected chi connectivity index (χ2v) is 7.80. The van der Waals surface area contributed by atoms with Crippen LogP contribution in [-0.4, -0.2) is 30.3 Å². The Morgan fingerprint density at radius 1 is 1.14 bits per heavy atom. The highest BCUT2D eigenvalue weighted by molar-refractivity contribution is 5.91. The number of carbonyl (C=O) groups is 2. The Morgan fingerprint density at radius 2 is 1.90 bits per heavy atom. The van der Waals surface area contributed by atoms with Crippen molar-refractivity contribution >= 4 is 11.9 Å². The van der Waals surface area contributed by atoms with E-state index in [0.29, 0.717) is 29.7 Å². The largest absolute Gasteiger partial charge is 0.490 e. The Hall–Kier alpha value is -3.08. The first kappa shape index (κ1) is 19.2. The lowest BCUT2D eigenvalue weighted by molar-refractivity contribution is -0.148. The molecule has 1 saturated heterocycles. The molecule has 2 bridgehead atoms. The van der Waals surface area contributed by atoms with Crippen LogP contribution >= 0.6 is 0 Å². The van der Waals surface area contributed by atoms with Gasteiger partial charge < -0.3 is 14.2 Å². The summed E-state index contributed by atoms with van der Waals surface area (Å²) < 4.78 is 17.3. The summed E-state index contributed by atoms with van der Waals surface area (Å²) in [5, 5.41) is 0. The van der Waals surface area contributed by atoms with Gasteiger partial charge in [0.25, 0.3) is 0 Å². The fourth-order valence-electron chi connectivity index (χ4n) is 4.16. The molecule has 1 aromatic rings. The summed E-state index contributed by atoms with van der Waals surface area (Å²) in [6, 6.07) is 9.48. The summed E-state index contributed by atoms with van der Waals surface area (Å²) in [6.45, 7) is 9.99. The highest BCUT2D eigenvalue weighted by Crippen LogP contribution is 2.41. The van der Waals surface area contributed by atoms with Crippen molar-refractivity contribution in [3.63, 3.8) is 0 Å². The van der Waals surface area contributed by atoms with E-state index < -0.39 is 6.10 Å². The minimum atomic E-state index is -0.545. The molecule has 3 aliphatic rings. The number of hydrogen-bond donors (Lipinski definition) is 0. The number of carbonyl (C=O) groups excluding carboxylic acids is 2. The Labute approximate surface area is 170 Å². The molecule has 0 aromatic heterocycles. The highest BCUT2D eigenvalue weighted by atomic mass is 16.6. The zero-order chi connectivity index (χ0) is 20.5. The van der Waals surface area contributed by atoms with Crippen LogP contribution in [0.25, 0.3) is 0 Å². The van der Waals surface area contributed by atoms with Crippen LogP contribution < -0.4 is 0 Å². The number of allylic oxidation sites excluding steroid dienone is 1. The van der Waals surface area contributed by atoms with Gasteiger partial charge in [0, 0.05) is 18.4 Å². The van der Waals surface area contributed by atoms with E-state index in [1.54, 1.807) is 0 Å². The van der Waals surface area contributed by atoms with Crippen LogP contribution in [-0.2, 0) is 30.2 Å². The molecule has 150 valence electrons. The van der Waals surface area contributed by atoms with Crippen molar-refractivity contribution in [2.24, 2.45) is 5.92 Å². The molecule has 0 saturated carbocycles. The second-order valence-electron chi connectivity index (χ2n) is 7.80. The van der Waals surface area contributed by atoms with Gasteiger partial charge in [-0.3, -0.25) is 4.79 Å². The predicted octanol–water partition coefficient (Wildman–Crippen LogP) is 3.82. The standard InChI is InChI=1S/C24H24O5/c1-14-9-19-12-18(24(26)28-19)13-21-23(15(2)16(3)27-21)20(10-14)29-22(25)11-17-7-5-4-6-8-17/h4-8,10,12,19-21,23H,2-3,9,11,13H2,1H3/b14-10+/t19-,20-,21?,23+/m1/s1. The molecule has 1 aromatic carbocycles. The van der Waals surface area contributed by atoms with Crippen molar-refractivity contribution in [1.29, 1.82) is 0 Å². The Bertz CT molecular complexity index is 924. The normalized spacial score (nSPS) is 30.4. The van der Waals surface area contributed by atoms with Crippen LogP contribution in [0, 0.1) is 5.92 Å². The number of esters is 2. The fraction of sp³-hybridized carbons (Fsp3) is 0.333. The lowest BCUT2D eigenvalue weighted by atomic mass is 9.85. The summed E-state index contributed by atoms with van der Waals surface area (Å²) in [7, 11) is 0. The van der Waals surface area contributed by atoms with Crippen LogP contribution in [0.15, 0.2) is 78.1 Å². The molecule has 29 heavy (non-hydrogen) atoms. The van der Waals surface area contributed by atoms with Crippen molar-refractivity contribution in [3.8, 4) is 0 Å². The molecular formula is C24H24O5. The predicted molar refractivity (Wildman–Crippen MR) is 108 cm³/mol. The maximum Gasteiger partial charge on any atom is 0.334 e. The number of hydrogen-bond acceptors (Lipinski definition) is 5. The smallest absolute Gasteiger partial charge is 0.334 e. The maximum atomic E-state index is 12.7. The van der Waals surface area contributed by atoms with Crippen molar-refractivity contribution < 1.29 is 23.8 Å². The van der Waals surface area contributed by atoms with Gasteiger partial charge in [-0.2, -0.15) is 0 Å². The molecule has 0 amide bonds. The van der Waals surface area contributed by atoms with E-state index in [9.17, 15) is 9.59 Å². The first-order valence-corrected chi connectivity index (χ1v) is 9.78. The van der Waals surface area contributed by atoms with Crippen molar-refractivity contribution in [2.75, 3.05) is 0 Å². The van der Waals surface area contributed by atoms with Gasteiger partial charge in [0.1, 0.15) is 24.1 Å². The molecule has 1 aliphatic carbocycles. The van der Waals surface area contributed by atoms with E-state index >= 15 is 0 Å². The van der Waals surface area contributed by atoms with Gasteiger partial charge >= 0.3 is 11.9 Å². The van der Waals surface area contributed by atoms with E-state index in [2.05, 4.69) is 13.2 Å². The number of ether oxygens (including phenoxy) is 3. The van der Waals surface area contributed by atoms with Gasteiger partial charge in [-0.05, 0) is 30.2 Å². The topological polar surface area (TPSA) is 61.8 Å². The van der Waals surface area contributed by atoms with Gasteiger partial charge in [0.05, 0.1) is 12.3 Å². The summed E-state index contributed by atoms with van der Waals surface area (Å²) in [5.74, 6) is -0.463. The zero-order valence-corrected chi connectivity index (χ0v) is 16.4. The first-order valence-electron chi connectivity index (χ1n) is 9.78. The van der Waals surface area contributed by atoms with E-state index in [1.165, 1.54) is 0 Å². The van der Waals surface area contributed by atoms with Crippen LogP contribution in [0.4, 0.5) is 0 Å². The maximum absolute atomic E-state index is 12.7. The summed E-state index contributed by atoms with van der Waals surface area (Å²) >= 11 is 0. The third kappa shape index (κ3) is 4.04. The Balaban J connectivity index is 1.61. The molecule has 1 unspecified atom stereocenters. The summed E-state index contributed by atoms with van der Waals surface area (Å²) in [6.07, 6.45) is 3.69. The average Bonchev–Trinajstić information content (AvgIpc) is 3.13. The van der Waals surface area contributed by atoms with Gasteiger partial charge in [-0.1, -0.05) is 49.1 Å². The molecule has 4 rings (SSSR count). The van der Waals surface area contributed by atoms with Crippen LogP contribution in [0.2, 0.25) is 0 Å². The van der Waals surface area contributed by atoms with Crippen molar-refractivity contribution in [2.45, 2.75) is 44.5 Å². The molecular weight excluding hydrogens is 368 g/mol. The van der Waals surface area contributed by atoms with Gasteiger partial charge in [-0.25, -0.2) is 4.79 Å². The molecule has 2 aliphatic heterocycles. The molecule has 0 radical (unpaired) electrons. The van der Waals surface area contributed by atoms with Crippen molar-refractivity contribution in [3.05, 3.63) is 83.7 Å². The van der Waals surface area contributed by atoms with E-state index in [-0.39, 0.29) is 36.5 Å². The van der Waals surface area contributed by atoms with Crippen LogP contribution in [0.3, 0.4) is 0 Å². The molecule has 0 spiro atoms. The monoisotopic (exact) mass is 392 g/mol. The Morgan fingerprint density at radius 3 is 2.66 bits per heavy atom. The van der Waals surface area contributed by atoms with Crippen molar-refractivity contribution in [1.82, 2.24) is 0 Å². The molecule has 5 heteroatoms. The lowest BCUT2D eigenvalue weighted by Gasteiger charge is -2.26. The molecule has 2 heterocycles. The Kier molecular flexibility index (Phi) is 5.14. The van der Waals surface area contributed by atoms with E-state index in [0.717, 1.165) is 11.1 Å². The number of fused-ring (bicyclic) bond motifs is 2. The summed E-state index contributed by atoms with van der Waals surface area (Å²) in [5.41, 5.74) is 3.16. The zero-order valence-electron chi connectivity index (χ0n) is 16.4. The fourth-order valence-corrected chi connectivity index (χ4v) is 4.16. The third-order valence-corrected chi connectivity index (χ3v) is 5.57. The third-order valence-electron chi connectivity index (χ3n) is 5.57. The lowest BCUT2D eigenvalue weighted by Crippen LogP contribution is -2.33. The minimum Gasteiger partial charge on any atom is -0.490 e. The van der Waals surface area contributed by atoms with Gasteiger partial charge in [0.2, 0.25) is 0 Å². The van der Waals surface area contributed by atoms with Crippen LogP contribution in [0.1, 0.15) is 25.3 Å². The minimum absolute atomic E-state index is 0.186. The molecule has 0 N–H and O–H groups in total. The summed E-state index contributed by atoms with van der Waals surface area (Å²) in [4.78, 5) is 24.9. The molecule has 5 nitrogen and oxygen atoms in total. The van der Waals surface area contributed by atoms with E-state index in [4.69, 9.17) is 14.2 Å². The van der Waals surface area contributed by atoms with Crippen LogP contribution in [0.5, 0.6) is 0 Å². The SMILES string of the molecule is C=C1OC2CC3=C[C@@H](C/C(C)=C/[C@@H](OC(=O)Cc4ccccc4)[C@@H]2C1=C)OC3=O. The number of rotatable bonds is 3. The number of benzene rings is 1. The van der Waals surface area contributed by atoms with E-state index in [1.807, 2.05) is 49.4 Å². The van der Waals surface area contributed by atoms with Gasteiger partial charge in [-0.15, -0.1) is 0 Å². The first-order chi connectivity index (χ1) is 13.9. The second kappa shape index (κ2) is 7.74. The highest BCUT2D eigenvalue weighted by Gasteiger charge is 2.44. The average molecular weight is 392 g/mol.